The van der Waals surface area contributed by atoms with Crippen molar-refractivity contribution >= 4 is 0 Å². The van der Waals surface area contributed by atoms with Gasteiger partial charge in [0.05, 0.1) is 0 Å². The van der Waals surface area contributed by atoms with Gasteiger partial charge in [0.25, 0.3) is 0 Å². The Morgan fingerprint density at radius 1 is 0.846 bits per heavy atom. The Bertz CT molecular complexity index is 849. The molecule has 0 saturated carbocycles. The van der Waals surface area contributed by atoms with E-state index in [1.54, 1.807) is 0 Å². The van der Waals surface area contributed by atoms with E-state index < -0.39 is 17.2 Å². The van der Waals surface area contributed by atoms with Crippen LogP contribution in [0.15, 0.2) is 24.3 Å². The van der Waals surface area contributed by atoms with E-state index in [2.05, 4.69) is 30.9 Å². The molecule has 2 aromatic carbocycles. The van der Waals surface area contributed by atoms with Crippen LogP contribution in [-0.2, 0) is 6.42 Å². The Balaban J connectivity index is 2.24. The van der Waals surface area contributed by atoms with Crippen LogP contribution < -0.4 is 0 Å². The fourth-order valence-corrected chi connectivity index (χ4v) is 3.04. The lowest BCUT2D eigenvalue weighted by Gasteiger charge is -2.08. The highest BCUT2D eigenvalue weighted by molar-refractivity contribution is 5.52. The second-order valence-electron chi connectivity index (χ2n) is 6.59. The number of rotatable bonds is 5. The molecule has 3 heteroatoms. The first kappa shape index (κ1) is 19.7. The highest BCUT2D eigenvalue weighted by Gasteiger charge is 2.09. The normalized spacial score (nSPS) is 10.2. The Hall–Kier alpha value is -2.65. The van der Waals surface area contributed by atoms with Crippen LogP contribution in [0.5, 0.6) is 0 Å². The molecule has 1 nitrogen and oxygen atoms in total. The van der Waals surface area contributed by atoms with Gasteiger partial charge in [-0.1, -0.05) is 50.2 Å². The number of hydrogen-bond acceptors (Lipinski definition) is 1. The Morgan fingerprint density at radius 2 is 1.46 bits per heavy atom. The molecule has 2 rings (SSSR count). The Labute approximate surface area is 154 Å². The first-order chi connectivity index (χ1) is 12.5. The summed E-state index contributed by atoms with van der Waals surface area (Å²) in [6, 6.07) is 8.00. The quantitative estimate of drug-likeness (QED) is 0.480. The van der Waals surface area contributed by atoms with E-state index in [1.165, 1.54) is 37.3 Å². The van der Waals surface area contributed by atoms with E-state index in [4.69, 9.17) is 5.26 Å². The summed E-state index contributed by atoms with van der Waals surface area (Å²) in [5.74, 6) is 4.08. The van der Waals surface area contributed by atoms with Crippen LogP contribution in [0.3, 0.4) is 0 Å². The minimum atomic E-state index is -0.882. The van der Waals surface area contributed by atoms with Crippen LogP contribution in [0.25, 0.3) is 0 Å². The van der Waals surface area contributed by atoms with Gasteiger partial charge in [0.1, 0.15) is 23.3 Å². The fraction of sp³-hybridized carbons (Fsp3) is 0.348. The number of benzene rings is 2. The lowest BCUT2D eigenvalue weighted by Crippen LogP contribution is -1.95. The third kappa shape index (κ3) is 4.93. The van der Waals surface area contributed by atoms with Gasteiger partial charge in [-0.25, -0.2) is 8.78 Å². The third-order valence-corrected chi connectivity index (χ3v) is 4.40. The first-order valence-corrected chi connectivity index (χ1v) is 8.97. The van der Waals surface area contributed by atoms with Crippen molar-refractivity contribution in [2.45, 2.75) is 52.9 Å². The zero-order valence-electron chi connectivity index (χ0n) is 15.5. The van der Waals surface area contributed by atoms with E-state index in [0.29, 0.717) is 0 Å². The van der Waals surface area contributed by atoms with Crippen molar-refractivity contribution in [3.8, 4) is 17.9 Å². The maximum Gasteiger partial charge on any atom is 0.145 e. The van der Waals surface area contributed by atoms with Crippen LogP contribution in [0.2, 0.25) is 0 Å². The van der Waals surface area contributed by atoms with Crippen molar-refractivity contribution in [3.05, 3.63) is 69.3 Å². The van der Waals surface area contributed by atoms with Gasteiger partial charge in [-0.3, -0.25) is 0 Å². The Kier molecular flexibility index (Phi) is 6.93. The first-order valence-electron chi connectivity index (χ1n) is 8.97. The molecule has 0 amide bonds. The summed E-state index contributed by atoms with van der Waals surface area (Å²) < 4.78 is 27.4. The van der Waals surface area contributed by atoms with Crippen molar-refractivity contribution in [2.75, 3.05) is 0 Å². The summed E-state index contributed by atoms with van der Waals surface area (Å²) in [6.45, 7) is 6.21. The summed E-state index contributed by atoms with van der Waals surface area (Å²) in [7, 11) is 0. The Morgan fingerprint density at radius 3 is 2.00 bits per heavy atom. The number of nitriles is 1. The largest absolute Gasteiger partial charge is 0.205 e. The van der Waals surface area contributed by atoms with Crippen LogP contribution >= 0.6 is 0 Å². The number of hydrogen-bond donors (Lipinski definition) is 0. The van der Waals surface area contributed by atoms with Crippen LogP contribution in [0.1, 0.15) is 66.0 Å². The zero-order valence-corrected chi connectivity index (χ0v) is 15.5. The molecule has 0 radical (unpaired) electrons. The molecule has 0 atom stereocenters. The van der Waals surface area contributed by atoms with E-state index in [-0.39, 0.29) is 5.56 Å². The monoisotopic (exact) mass is 351 g/mol. The second kappa shape index (κ2) is 9.16. The standard InChI is InChI=1S/C23H23F2N/c1-4-5-6-7-8-18-11-16(2)20(17(3)12-18)10-9-19-13-22(24)21(15-26)23(25)14-19/h11-14H,4-8H2,1-3H3. The highest BCUT2D eigenvalue weighted by atomic mass is 19.1. The lowest BCUT2D eigenvalue weighted by molar-refractivity contribution is 0.576. The van der Waals surface area contributed by atoms with Crippen LogP contribution in [0.4, 0.5) is 8.78 Å². The molecule has 134 valence electrons. The molecule has 0 spiro atoms. The summed E-state index contributed by atoms with van der Waals surface area (Å²) >= 11 is 0. The maximum atomic E-state index is 13.7. The van der Waals surface area contributed by atoms with E-state index in [0.717, 1.165) is 35.2 Å². The average molecular weight is 351 g/mol. The summed E-state index contributed by atoms with van der Waals surface area (Å²) in [4.78, 5) is 0. The number of aryl methyl sites for hydroxylation is 3. The smallest absolute Gasteiger partial charge is 0.145 e. The molecule has 0 aliphatic rings. The molecule has 0 N–H and O–H groups in total. The molecule has 0 aliphatic carbocycles. The van der Waals surface area contributed by atoms with Crippen LogP contribution in [-0.4, -0.2) is 0 Å². The number of halogens is 2. The molecule has 0 fully saturated rings. The van der Waals surface area contributed by atoms with Gasteiger partial charge in [-0.05, 0) is 55.5 Å². The molecule has 0 bridgehead atoms. The van der Waals surface area contributed by atoms with Gasteiger partial charge in [-0.2, -0.15) is 5.26 Å². The molecular formula is C23H23F2N. The topological polar surface area (TPSA) is 23.8 Å². The van der Waals surface area contributed by atoms with Crippen molar-refractivity contribution in [1.82, 2.24) is 0 Å². The van der Waals surface area contributed by atoms with Gasteiger partial charge in [0.15, 0.2) is 0 Å². The molecule has 0 unspecified atom stereocenters. The van der Waals surface area contributed by atoms with Gasteiger partial charge in [0, 0.05) is 11.1 Å². The van der Waals surface area contributed by atoms with Crippen molar-refractivity contribution < 1.29 is 8.78 Å². The third-order valence-electron chi connectivity index (χ3n) is 4.40. The van der Waals surface area contributed by atoms with Crippen molar-refractivity contribution in [2.24, 2.45) is 0 Å². The van der Waals surface area contributed by atoms with Gasteiger partial charge < -0.3 is 0 Å². The summed E-state index contributed by atoms with van der Waals surface area (Å²) in [5.41, 5.74) is 3.97. The SMILES string of the molecule is CCCCCCc1cc(C)c(C#Cc2cc(F)c(C#N)c(F)c2)c(C)c1. The molecule has 0 saturated heterocycles. The zero-order chi connectivity index (χ0) is 19.1. The molecular weight excluding hydrogens is 328 g/mol. The molecule has 0 aliphatic heterocycles. The predicted octanol–water partition coefficient (Wildman–Crippen LogP) is 5.98. The average Bonchev–Trinajstić information content (AvgIpc) is 2.58. The van der Waals surface area contributed by atoms with E-state index in [9.17, 15) is 8.78 Å². The highest BCUT2D eigenvalue weighted by Crippen LogP contribution is 2.19. The van der Waals surface area contributed by atoms with Gasteiger partial charge in [0.2, 0.25) is 0 Å². The summed E-state index contributed by atoms with van der Waals surface area (Å²) in [6.07, 6.45) is 5.97. The molecule has 26 heavy (non-hydrogen) atoms. The number of unbranched alkanes of at least 4 members (excludes halogenated alkanes) is 3. The molecule has 0 aromatic heterocycles. The number of nitrogens with zero attached hydrogens (tertiary/aromatic N) is 1. The summed E-state index contributed by atoms with van der Waals surface area (Å²) in [5, 5.41) is 8.72. The van der Waals surface area contributed by atoms with Crippen molar-refractivity contribution in [1.29, 1.82) is 5.26 Å². The van der Waals surface area contributed by atoms with Gasteiger partial charge in [-0.15, -0.1) is 0 Å². The van der Waals surface area contributed by atoms with Crippen molar-refractivity contribution in [3.63, 3.8) is 0 Å². The van der Waals surface area contributed by atoms with E-state index in [1.807, 2.05) is 13.8 Å². The van der Waals surface area contributed by atoms with E-state index >= 15 is 0 Å². The molecule has 0 heterocycles. The van der Waals surface area contributed by atoms with Gasteiger partial charge >= 0.3 is 0 Å². The maximum absolute atomic E-state index is 13.7. The fourth-order valence-electron chi connectivity index (χ4n) is 3.04. The minimum Gasteiger partial charge on any atom is -0.205 e. The molecule has 2 aromatic rings. The minimum absolute atomic E-state index is 0.224. The lowest BCUT2D eigenvalue weighted by atomic mass is 9.96. The second-order valence-corrected chi connectivity index (χ2v) is 6.59. The predicted molar refractivity (Wildman–Crippen MR) is 101 cm³/mol. The van der Waals surface area contributed by atoms with Crippen LogP contribution in [0, 0.1) is 48.7 Å².